The van der Waals surface area contributed by atoms with Crippen LogP contribution in [0.3, 0.4) is 0 Å². The van der Waals surface area contributed by atoms with Crippen LogP contribution in [0.25, 0.3) is 0 Å². The van der Waals surface area contributed by atoms with Crippen molar-refractivity contribution in [3.05, 3.63) is 45.6 Å². The summed E-state index contributed by atoms with van der Waals surface area (Å²) in [6, 6.07) is 1.68. The van der Waals surface area contributed by atoms with Gasteiger partial charge in [-0.3, -0.25) is 14.3 Å². The van der Waals surface area contributed by atoms with E-state index in [9.17, 15) is 9.59 Å². The number of carbonyl (C=O) groups is 1. The summed E-state index contributed by atoms with van der Waals surface area (Å²) < 4.78 is 6.82. The van der Waals surface area contributed by atoms with Crippen molar-refractivity contribution in [3.63, 3.8) is 0 Å². The number of ether oxygens (including phenoxy) is 1. The fraction of sp³-hybridized carbons (Fsp3) is 0.308. The Kier molecular flexibility index (Phi) is 2.51. The van der Waals surface area contributed by atoms with E-state index in [1.807, 2.05) is 6.20 Å². The molecule has 0 amide bonds. The molecule has 0 spiro atoms. The van der Waals surface area contributed by atoms with Gasteiger partial charge < -0.3 is 9.72 Å². The lowest BCUT2D eigenvalue weighted by Gasteiger charge is -2.22. The normalized spacial score (nSPS) is 18.0. The van der Waals surface area contributed by atoms with Crippen LogP contribution in [0.2, 0.25) is 0 Å². The van der Waals surface area contributed by atoms with Crippen LogP contribution in [0.15, 0.2) is 23.3 Å². The first-order chi connectivity index (χ1) is 9.04. The lowest BCUT2D eigenvalue weighted by molar-refractivity contribution is -0.135. The predicted octanol–water partition coefficient (Wildman–Crippen LogP) is 0.858. The average Bonchev–Trinajstić information content (AvgIpc) is 2.73. The highest BCUT2D eigenvalue weighted by atomic mass is 16.5. The van der Waals surface area contributed by atoms with Crippen LogP contribution in [0.1, 0.15) is 29.2 Å². The van der Waals surface area contributed by atoms with E-state index in [4.69, 9.17) is 4.74 Å². The van der Waals surface area contributed by atoms with E-state index in [0.717, 1.165) is 5.56 Å². The molecule has 98 valence electrons. The minimum absolute atomic E-state index is 0.158. The van der Waals surface area contributed by atoms with Crippen LogP contribution in [0.4, 0.5) is 0 Å². The van der Waals surface area contributed by atoms with Crippen LogP contribution in [0.5, 0.6) is 5.75 Å². The summed E-state index contributed by atoms with van der Waals surface area (Å²) in [6.07, 6.45) is 3.64. The molecule has 3 heterocycles. The van der Waals surface area contributed by atoms with Gasteiger partial charge in [-0.1, -0.05) is 0 Å². The molecule has 19 heavy (non-hydrogen) atoms. The first kappa shape index (κ1) is 11.7. The standard InChI is InChI=1S/C13H13N3O3/c1-7-3-10-12(13(18)15-7)9(4-11(17)19-10)8-5-14-16(2)6-8/h3,5-6,9H,4H2,1-2H3,(H,15,18)/t9-/m0/s1. The van der Waals surface area contributed by atoms with Crippen LogP contribution < -0.4 is 10.3 Å². The minimum atomic E-state index is -0.327. The van der Waals surface area contributed by atoms with E-state index in [1.54, 1.807) is 30.9 Å². The monoisotopic (exact) mass is 259 g/mol. The van der Waals surface area contributed by atoms with Crippen LogP contribution >= 0.6 is 0 Å². The zero-order valence-corrected chi connectivity index (χ0v) is 10.6. The quantitative estimate of drug-likeness (QED) is 0.770. The first-order valence-electron chi connectivity index (χ1n) is 5.97. The van der Waals surface area contributed by atoms with Gasteiger partial charge >= 0.3 is 5.97 Å². The largest absolute Gasteiger partial charge is 0.426 e. The number of hydrogen-bond acceptors (Lipinski definition) is 4. The highest BCUT2D eigenvalue weighted by Crippen LogP contribution is 2.36. The van der Waals surface area contributed by atoms with Gasteiger partial charge in [0.1, 0.15) is 5.75 Å². The summed E-state index contributed by atoms with van der Waals surface area (Å²) in [5, 5.41) is 4.09. The Labute approximate surface area is 109 Å². The number of pyridine rings is 1. The molecule has 0 saturated carbocycles. The molecular formula is C13H13N3O3. The number of aromatic amines is 1. The zero-order valence-electron chi connectivity index (χ0n) is 10.6. The number of rotatable bonds is 1. The molecule has 0 saturated heterocycles. The van der Waals surface area contributed by atoms with Crippen molar-refractivity contribution in [2.45, 2.75) is 19.3 Å². The summed E-state index contributed by atoms with van der Waals surface area (Å²) in [4.78, 5) is 26.5. The van der Waals surface area contributed by atoms with E-state index in [1.165, 1.54) is 0 Å². The number of esters is 1. The Bertz CT molecular complexity index is 714. The van der Waals surface area contributed by atoms with Crippen molar-refractivity contribution in [3.8, 4) is 5.75 Å². The molecule has 2 aromatic rings. The number of aromatic nitrogens is 3. The van der Waals surface area contributed by atoms with Crippen LogP contribution in [-0.2, 0) is 11.8 Å². The van der Waals surface area contributed by atoms with E-state index in [0.29, 0.717) is 17.0 Å². The number of H-pyrrole nitrogens is 1. The van der Waals surface area contributed by atoms with E-state index >= 15 is 0 Å². The van der Waals surface area contributed by atoms with Gasteiger partial charge in [-0.05, 0) is 12.5 Å². The van der Waals surface area contributed by atoms with Gasteiger partial charge in [0.05, 0.1) is 18.2 Å². The van der Waals surface area contributed by atoms with Crippen molar-refractivity contribution in [2.24, 2.45) is 7.05 Å². The second-order valence-corrected chi connectivity index (χ2v) is 4.74. The highest BCUT2D eigenvalue weighted by Gasteiger charge is 2.32. The fourth-order valence-electron chi connectivity index (χ4n) is 2.42. The molecule has 0 unspecified atom stereocenters. The summed E-state index contributed by atoms with van der Waals surface area (Å²) in [6.45, 7) is 1.75. The maximum Gasteiger partial charge on any atom is 0.312 e. The number of fused-ring (bicyclic) bond motifs is 1. The molecule has 0 bridgehead atoms. The second-order valence-electron chi connectivity index (χ2n) is 4.74. The highest BCUT2D eigenvalue weighted by molar-refractivity contribution is 5.77. The summed E-state index contributed by atoms with van der Waals surface area (Å²) >= 11 is 0. The van der Waals surface area contributed by atoms with Crippen molar-refractivity contribution >= 4 is 5.97 Å². The SMILES string of the molecule is Cc1cc2c(c(=O)[nH]1)[C@H](c1cnn(C)c1)CC(=O)O2. The van der Waals surface area contributed by atoms with Crippen molar-refractivity contribution in [1.82, 2.24) is 14.8 Å². The Hall–Kier alpha value is -2.37. The Morgan fingerprint density at radius 3 is 2.95 bits per heavy atom. The number of carbonyl (C=O) groups excluding carboxylic acids is 1. The third-order valence-electron chi connectivity index (χ3n) is 3.24. The van der Waals surface area contributed by atoms with Gasteiger partial charge in [0.2, 0.25) is 0 Å². The Balaban J connectivity index is 2.19. The van der Waals surface area contributed by atoms with Gasteiger partial charge in [0, 0.05) is 30.9 Å². The minimum Gasteiger partial charge on any atom is -0.426 e. The van der Waals surface area contributed by atoms with Gasteiger partial charge in [0.15, 0.2) is 0 Å². The number of aryl methyl sites for hydroxylation is 2. The van der Waals surface area contributed by atoms with E-state index < -0.39 is 0 Å². The van der Waals surface area contributed by atoms with E-state index in [-0.39, 0.29) is 23.9 Å². The molecule has 0 radical (unpaired) electrons. The van der Waals surface area contributed by atoms with Gasteiger partial charge in [-0.25, -0.2) is 0 Å². The number of nitrogens with zero attached hydrogens (tertiary/aromatic N) is 2. The number of nitrogens with one attached hydrogen (secondary N) is 1. The molecule has 0 fully saturated rings. The van der Waals surface area contributed by atoms with Gasteiger partial charge in [-0.15, -0.1) is 0 Å². The van der Waals surface area contributed by atoms with Crippen molar-refractivity contribution < 1.29 is 9.53 Å². The molecule has 0 aromatic carbocycles. The molecule has 6 nitrogen and oxygen atoms in total. The van der Waals surface area contributed by atoms with Crippen LogP contribution in [-0.4, -0.2) is 20.7 Å². The van der Waals surface area contributed by atoms with Crippen molar-refractivity contribution in [2.75, 3.05) is 0 Å². The van der Waals surface area contributed by atoms with E-state index in [2.05, 4.69) is 10.1 Å². The zero-order chi connectivity index (χ0) is 13.6. The molecule has 1 aliphatic heterocycles. The topological polar surface area (TPSA) is 77.0 Å². The molecule has 2 aromatic heterocycles. The molecule has 1 aliphatic rings. The van der Waals surface area contributed by atoms with Gasteiger partial charge in [-0.2, -0.15) is 5.10 Å². The second kappa shape index (κ2) is 4.08. The molecular weight excluding hydrogens is 246 g/mol. The molecule has 1 atom stereocenters. The third kappa shape index (κ3) is 1.95. The Morgan fingerprint density at radius 1 is 1.47 bits per heavy atom. The van der Waals surface area contributed by atoms with Gasteiger partial charge in [0.25, 0.3) is 5.56 Å². The van der Waals surface area contributed by atoms with Crippen molar-refractivity contribution in [1.29, 1.82) is 0 Å². The number of hydrogen-bond donors (Lipinski definition) is 1. The Morgan fingerprint density at radius 2 is 2.26 bits per heavy atom. The summed E-state index contributed by atoms with van der Waals surface area (Å²) in [5.41, 5.74) is 1.80. The first-order valence-corrected chi connectivity index (χ1v) is 5.97. The lowest BCUT2D eigenvalue weighted by Crippen LogP contribution is -2.28. The molecule has 0 aliphatic carbocycles. The average molecular weight is 259 g/mol. The summed E-state index contributed by atoms with van der Waals surface area (Å²) in [5.74, 6) is -0.271. The predicted molar refractivity (Wildman–Crippen MR) is 67.1 cm³/mol. The molecule has 6 heteroatoms. The third-order valence-corrected chi connectivity index (χ3v) is 3.24. The molecule has 3 rings (SSSR count). The smallest absolute Gasteiger partial charge is 0.312 e. The lowest BCUT2D eigenvalue weighted by atomic mass is 9.89. The summed E-state index contributed by atoms with van der Waals surface area (Å²) in [7, 11) is 1.80. The fourth-order valence-corrected chi connectivity index (χ4v) is 2.42. The maximum absolute atomic E-state index is 12.1. The maximum atomic E-state index is 12.1. The molecule has 1 N–H and O–H groups in total. The van der Waals surface area contributed by atoms with Crippen LogP contribution in [0, 0.1) is 6.92 Å².